The van der Waals surface area contributed by atoms with Gasteiger partial charge in [0.15, 0.2) is 5.96 Å². The minimum atomic E-state index is 0.152. The zero-order valence-electron chi connectivity index (χ0n) is 13.2. The third-order valence-corrected chi connectivity index (χ3v) is 6.16. The molecule has 0 bridgehead atoms. The van der Waals surface area contributed by atoms with E-state index < -0.39 is 0 Å². The highest BCUT2D eigenvalue weighted by molar-refractivity contribution is 5.81. The van der Waals surface area contributed by atoms with Crippen molar-refractivity contribution in [2.45, 2.75) is 56.7 Å². The van der Waals surface area contributed by atoms with Crippen molar-refractivity contribution < 1.29 is 9.53 Å². The topological polar surface area (TPSA) is 74.8 Å². The first-order chi connectivity index (χ1) is 10.7. The zero-order valence-corrected chi connectivity index (χ0v) is 13.2. The Morgan fingerprint density at radius 1 is 1.36 bits per heavy atom. The van der Waals surface area contributed by atoms with Gasteiger partial charge in [-0.1, -0.05) is 6.42 Å². The first kappa shape index (κ1) is 14.3. The van der Waals surface area contributed by atoms with Crippen LogP contribution in [0.25, 0.3) is 0 Å². The van der Waals surface area contributed by atoms with Crippen molar-refractivity contribution in [1.29, 1.82) is 0 Å². The number of aliphatic imine (C=N–C) groups is 1. The molecule has 3 N–H and O–H groups in total. The Morgan fingerprint density at radius 3 is 2.86 bits per heavy atom. The number of nitrogens with one attached hydrogen (secondary N) is 3. The molecule has 22 heavy (non-hydrogen) atoms. The number of piperidine rings is 1. The lowest BCUT2D eigenvalue weighted by Gasteiger charge is -2.63. The molecule has 0 radical (unpaired) electrons. The van der Waals surface area contributed by atoms with Gasteiger partial charge in [0.1, 0.15) is 0 Å². The minimum absolute atomic E-state index is 0.152. The molecule has 6 nitrogen and oxygen atoms in total. The Labute approximate surface area is 131 Å². The van der Waals surface area contributed by atoms with E-state index in [0.717, 1.165) is 19.0 Å². The molecule has 2 saturated carbocycles. The smallest absolute Gasteiger partial charge is 0.220 e. The van der Waals surface area contributed by atoms with Crippen molar-refractivity contribution in [1.82, 2.24) is 16.0 Å². The molecule has 4 unspecified atom stereocenters. The fourth-order valence-corrected chi connectivity index (χ4v) is 4.82. The Morgan fingerprint density at radius 2 is 2.23 bits per heavy atom. The average Bonchev–Trinajstić information content (AvgIpc) is 2.89. The molecule has 2 saturated heterocycles. The Bertz CT molecular complexity index is 479. The number of hydrogen-bond acceptors (Lipinski definition) is 3. The molecule has 1 amide bonds. The van der Waals surface area contributed by atoms with Crippen LogP contribution in [-0.4, -0.2) is 50.3 Å². The van der Waals surface area contributed by atoms with E-state index in [4.69, 9.17) is 4.74 Å². The summed E-state index contributed by atoms with van der Waals surface area (Å²) in [7, 11) is 1.82. The van der Waals surface area contributed by atoms with Gasteiger partial charge in [0.2, 0.25) is 5.91 Å². The molecular weight excluding hydrogens is 280 g/mol. The van der Waals surface area contributed by atoms with E-state index in [2.05, 4.69) is 20.9 Å². The molecule has 2 aliphatic carbocycles. The molecule has 122 valence electrons. The molecular formula is C16H26N4O2. The van der Waals surface area contributed by atoms with Crippen molar-refractivity contribution in [3.8, 4) is 0 Å². The summed E-state index contributed by atoms with van der Waals surface area (Å²) in [6, 6.07) is 0.773. The lowest BCUT2D eigenvalue weighted by Crippen LogP contribution is -2.73. The van der Waals surface area contributed by atoms with Gasteiger partial charge in [0.25, 0.3) is 0 Å². The number of carbonyl (C=O) groups is 1. The molecule has 0 aromatic carbocycles. The third-order valence-electron chi connectivity index (χ3n) is 6.16. The zero-order chi connectivity index (χ0) is 15.2. The van der Waals surface area contributed by atoms with E-state index in [-0.39, 0.29) is 11.9 Å². The number of carbonyl (C=O) groups excluding carboxylic acids is 1. The molecule has 0 aromatic rings. The van der Waals surface area contributed by atoms with Gasteiger partial charge in [-0.2, -0.15) is 0 Å². The number of rotatable bonds is 2. The molecule has 1 spiro atoms. The number of nitrogens with zero attached hydrogens (tertiary/aromatic N) is 1. The van der Waals surface area contributed by atoms with Crippen LogP contribution in [0.1, 0.15) is 38.5 Å². The van der Waals surface area contributed by atoms with Crippen LogP contribution in [-0.2, 0) is 9.53 Å². The largest absolute Gasteiger partial charge is 0.377 e. The molecule has 4 atom stereocenters. The predicted octanol–water partition coefficient (Wildman–Crippen LogP) is 0.388. The van der Waals surface area contributed by atoms with E-state index >= 15 is 0 Å². The second-order valence-electron chi connectivity index (χ2n) is 7.21. The van der Waals surface area contributed by atoms with E-state index in [0.29, 0.717) is 36.4 Å². The van der Waals surface area contributed by atoms with Crippen molar-refractivity contribution in [2.24, 2.45) is 16.3 Å². The van der Waals surface area contributed by atoms with E-state index in [1.807, 2.05) is 7.05 Å². The van der Waals surface area contributed by atoms with Crippen LogP contribution in [0.5, 0.6) is 0 Å². The average molecular weight is 306 g/mol. The van der Waals surface area contributed by atoms with Crippen LogP contribution in [0.4, 0.5) is 0 Å². The van der Waals surface area contributed by atoms with Crippen LogP contribution in [0.3, 0.4) is 0 Å². The minimum Gasteiger partial charge on any atom is -0.377 e. The maximum atomic E-state index is 11.3. The van der Waals surface area contributed by atoms with Gasteiger partial charge in [0.05, 0.1) is 6.10 Å². The van der Waals surface area contributed by atoms with Crippen molar-refractivity contribution in [3.63, 3.8) is 0 Å². The van der Waals surface area contributed by atoms with Crippen molar-refractivity contribution in [2.75, 3.05) is 20.2 Å². The van der Waals surface area contributed by atoms with Gasteiger partial charge in [-0.25, -0.2) is 0 Å². The molecule has 4 rings (SSSR count). The molecule has 6 heteroatoms. The second kappa shape index (κ2) is 5.41. The van der Waals surface area contributed by atoms with E-state index in [1.165, 1.54) is 25.7 Å². The monoisotopic (exact) mass is 306 g/mol. The lowest BCUT2D eigenvalue weighted by molar-refractivity contribution is -0.171. The van der Waals surface area contributed by atoms with Crippen molar-refractivity contribution >= 4 is 11.9 Å². The highest BCUT2D eigenvalue weighted by atomic mass is 16.5. The summed E-state index contributed by atoms with van der Waals surface area (Å²) in [4.78, 5) is 15.7. The normalized spacial score (nSPS) is 39.5. The predicted molar refractivity (Wildman–Crippen MR) is 83.6 cm³/mol. The summed E-state index contributed by atoms with van der Waals surface area (Å²) < 4.78 is 5.97. The summed E-state index contributed by atoms with van der Waals surface area (Å²) in [5.74, 6) is 1.67. The third kappa shape index (κ3) is 2.11. The molecule has 0 aromatic heterocycles. The summed E-state index contributed by atoms with van der Waals surface area (Å²) in [5.41, 5.74) is 0.361. The maximum absolute atomic E-state index is 11.3. The van der Waals surface area contributed by atoms with Gasteiger partial charge in [-0.3, -0.25) is 9.79 Å². The van der Waals surface area contributed by atoms with Crippen LogP contribution in [0, 0.1) is 11.3 Å². The van der Waals surface area contributed by atoms with Gasteiger partial charge < -0.3 is 20.7 Å². The molecule has 2 aliphatic heterocycles. The Balaban J connectivity index is 1.38. The summed E-state index contributed by atoms with van der Waals surface area (Å²) in [5, 5.41) is 10.1. The Kier molecular flexibility index (Phi) is 3.51. The maximum Gasteiger partial charge on any atom is 0.220 e. The van der Waals surface area contributed by atoms with Gasteiger partial charge >= 0.3 is 0 Å². The highest BCUT2D eigenvalue weighted by Crippen LogP contribution is 2.62. The van der Waals surface area contributed by atoms with Crippen LogP contribution in [0.15, 0.2) is 4.99 Å². The van der Waals surface area contributed by atoms with Crippen LogP contribution >= 0.6 is 0 Å². The first-order valence-electron chi connectivity index (χ1n) is 8.61. The van der Waals surface area contributed by atoms with Gasteiger partial charge in [-0.05, 0) is 25.7 Å². The van der Waals surface area contributed by atoms with Crippen LogP contribution in [0.2, 0.25) is 0 Å². The van der Waals surface area contributed by atoms with Gasteiger partial charge in [-0.15, -0.1) is 0 Å². The lowest BCUT2D eigenvalue weighted by atomic mass is 9.46. The number of ether oxygens (including phenoxy) is 1. The summed E-state index contributed by atoms with van der Waals surface area (Å²) >= 11 is 0. The fraction of sp³-hybridized carbons (Fsp3) is 0.875. The van der Waals surface area contributed by atoms with E-state index in [1.54, 1.807) is 0 Å². The van der Waals surface area contributed by atoms with Crippen molar-refractivity contribution in [3.05, 3.63) is 0 Å². The number of amides is 1. The Hall–Kier alpha value is -1.30. The standard InChI is InChI=1S/C16H26N4O2/c1-17-15(19-10-3-4-12(21)18-9-10)20-13-11-5-8-22-14(11)16(13)6-2-7-16/h10-11,13-14H,2-9H2,1H3,(H,18,21)(H2,17,19,20). The van der Waals surface area contributed by atoms with Gasteiger partial charge in [0, 0.05) is 50.0 Å². The summed E-state index contributed by atoms with van der Waals surface area (Å²) in [6.45, 7) is 1.60. The number of fused-ring (bicyclic) bond motifs is 2. The molecule has 4 aliphatic rings. The van der Waals surface area contributed by atoms with Crippen LogP contribution < -0.4 is 16.0 Å². The number of hydrogen-bond donors (Lipinski definition) is 3. The molecule has 4 fully saturated rings. The number of guanidine groups is 1. The molecule has 2 heterocycles. The van der Waals surface area contributed by atoms with E-state index in [9.17, 15) is 4.79 Å². The first-order valence-corrected chi connectivity index (χ1v) is 8.61. The fourth-order valence-electron chi connectivity index (χ4n) is 4.82. The SMILES string of the molecule is CN=C(NC1CCC(=O)NC1)NC1C2CCOC2C12CCC2. The quantitative estimate of drug-likeness (QED) is 0.509. The highest BCUT2D eigenvalue weighted by Gasteiger charge is 2.66. The summed E-state index contributed by atoms with van der Waals surface area (Å²) in [6.07, 6.45) is 7.00. The second-order valence-corrected chi connectivity index (χ2v) is 7.21.